The Morgan fingerprint density at radius 3 is 0.800 bits per heavy atom. The third kappa shape index (κ3) is 5.09. The Labute approximate surface area is 407 Å². The van der Waals surface area contributed by atoms with Gasteiger partial charge in [0.25, 0.3) is 0 Å². The van der Waals surface area contributed by atoms with Gasteiger partial charge in [-0.3, -0.25) is 0 Å². The molecule has 0 radical (unpaired) electrons. The molecule has 4 aliphatic rings. The first-order valence-electron chi connectivity index (χ1n) is 24.2. The summed E-state index contributed by atoms with van der Waals surface area (Å²) in [6.07, 6.45) is 0. The van der Waals surface area contributed by atoms with E-state index in [1.54, 1.807) is 0 Å². The highest BCUT2D eigenvalue weighted by Gasteiger charge is 2.58. The summed E-state index contributed by atoms with van der Waals surface area (Å²) in [5, 5.41) is 0. The van der Waals surface area contributed by atoms with Crippen LogP contribution in [0.1, 0.15) is 44.8 Å². The lowest BCUT2D eigenvalue weighted by Gasteiger charge is -2.32. The molecule has 4 aliphatic carbocycles. The maximum absolute atomic E-state index is 6.18. The van der Waals surface area contributed by atoms with Crippen LogP contribution in [-0.4, -0.2) is 9.97 Å². The summed E-state index contributed by atoms with van der Waals surface area (Å²) < 4.78 is 0. The molecule has 10 aromatic carbocycles. The first-order valence-corrected chi connectivity index (χ1v) is 24.2. The zero-order chi connectivity index (χ0) is 46.0. The van der Waals surface area contributed by atoms with Gasteiger partial charge >= 0.3 is 0 Å². The molecule has 11 aromatic rings. The summed E-state index contributed by atoms with van der Waals surface area (Å²) in [6, 6.07) is 92.8. The van der Waals surface area contributed by atoms with Crippen LogP contribution >= 0.6 is 0 Å². The van der Waals surface area contributed by atoms with Gasteiger partial charge in [-0.25, -0.2) is 9.97 Å². The Morgan fingerprint density at radius 1 is 0.229 bits per heavy atom. The number of rotatable bonds is 6. The molecule has 70 heavy (non-hydrogen) atoms. The Hall–Kier alpha value is -9.12. The van der Waals surface area contributed by atoms with E-state index < -0.39 is 10.8 Å². The zero-order valence-electron chi connectivity index (χ0n) is 38.0. The minimum Gasteiger partial charge on any atom is -0.310 e. The number of hydrogen-bond donors (Lipinski definition) is 0. The van der Waals surface area contributed by atoms with Crippen LogP contribution < -0.4 is 9.80 Å². The molecule has 0 aliphatic heterocycles. The van der Waals surface area contributed by atoms with E-state index in [4.69, 9.17) is 9.97 Å². The smallest absolute Gasteiger partial charge is 0.0941 e. The molecule has 0 unspecified atom stereocenters. The second kappa shape index (κ2) is 14.7. The van der Waals surface area contributed by atoms with Crippen LogP contribution in [0.5, 0.6) is 0 Å². The number of aromatic nitrogens is 2. The third-order valence-electron chi connectivity index (χ3n) is 15.4. The lowest BCUT2D eigenvalue weighted by molar-refractivity contribution is 0.733. The van der Waals surface area contributed by atoms with Crippen LogP contribution in [0, 0.1) is 0 Å². The fraction of sp³-hybridized carbons (Fsp3) is 0.0303. The highest BCUT2D eigenvalue weighted by molar-refractivity contribution is 5.99. The van der Waals surface area contributed by atoms with Gasteiger partial charge in [-0.05, 0) is 128 Å². The fourth-order valence-electron chi connectivity index (χ4n) is 12.7. The van der Waals surface area contributed by atoms with E-state index in [9.17, 15) is 0 Å². The van der Waals surface area contributed by atoms with Gasteiger partial charge in [0.1, 0.15) is 0 Å². The molecule has 15 rings (SSSR count). The second-order valence-electron chi connectivity index (χ2n) is 18.8. The summed E-state index contributed by atoms with van der Waals surface area (Å²) >= 11 is 0. The van der Waals surface area contributed by atoms with Crippen molar-refractivity contribution < 1.29 is 0 Å². The van der Waals surface area contributed by atoms with Crippen LogP contribution in [0.3, 0.4) is 0 Å². The minimum absolute atomic E-state index is 0.742. The van der Waals surface area contributed by atoms with Gasteiger partial charge in [0.05, 0.1) is 33.6 Å². The van der Waals surface area contributed by atoms with Crippen molar-refractivity contribution in [3.8, 4) is 44.8 Å². The highest BCUT2D eigenvalue weighted by Crippen LogP contribution is 2.67. The van der Waals surface area contributed by atoms with Gasteiger partial charge in [0.15, 0.2) is 0 Å². The van der Waals surface area contributed by atoms with Crippen LogP contribution in [-0.2, 0) is 10.8 Å². The average molecular weight is 891 g/mol. The van der Waals surface area contributed by atoms with Crippen molar-refractivity contribution in [2.24, 2.45) is 0 Å². The van der Waals surface area contributed by atoms with Crippen molar-refractivity contribution in [1.82, 2.24) is 9.97 Å². The molecule has 0 amide bonds. The normalized spacial score (nSPS) is 13.9. The van der Waals surface area contributed by atoms with Gasteiger partial charge in [-0.2, -0.15) is 0 Å². The average Bonchev–Trinajstić information content (AvgIpc) is 4.10. The number of para-hydroxylation sites is 4. The Bertz CT molecular complexity index is 3480. The quantitative estimate of drug-likeness (QED) is 0.166. The van der Waals surface area contributed by atoms with Crippen LogP contribution in [0.15, 0.2) is 255 Å². The van der Waals surface area contributed by atoms with E-state index in [1.807, 2.05) is 0 Å². The molecular formula is C66H42N4. The van der Waals surface area contributed by atoms with Crippen LogP contribution in [0.2, 0.25) is 0 Å². The van der Waals surface area contributed by atoms with Crippen molar-refractivity contribution in [3.05, 3.63) is 300 Å². The van der Waals surface area contributed by atoms with Gasteiger partial charge in [0.2, 0.25) is 0 Å². The van der Waals surface area contributed by atoms with Gasteiger partial charge in [-0.15, -0.1) is 0 Å². The monoisotopic (exact) mass is 890 g/mol. The molecule has 1 aromatic heterocycles. The number of fused-ring (bicyclic) bond motifs is 20. The first-order chi connectivity index (χ1) is 34.7. The van der Waals surface area contributed by atoms with Crippen molar-refractivity contribution in [2.75, 3.05) is 9.80 Å². The molecular weight excluding hydrogens is 849 g/mol. The van der Waals surface area contributed by atoms with Gasteiger partial charge in [0, 0.05) is 45.3 Å². The SMILES string of the molecule is c1ccc(N(c2ccccc2)c2ccc3c(c2)C2(c4ccccc4-c4ccccc42)c2nc4c(nc2-3)C2(c3ccccc3-c3ccccc32)c2cc(N(c3ccccc3)c3ccccc3)ccc2-4)cc1. The largest absolute Gasteiger partial charge is 0.310 e. The minimum atomic E-state index is -0.742. The first kappa shape index (κ1) is 38.9. The van der Waals surface area contributed by atoms with Gasteiger partial charge < -0.3 is 9.80 Å². The number of benzene rings is 10. The predicted octanol–water partition coefficient (Wildman–Crippen LogP) is 16.1. The lowest BCUT2D eigenvalue weighted by Crippen LogP contribution is -2.29. The van der Waals surface area contributed by atoms with Crippen molar-refractivity contribution in [2.45, 2.75) is 10.8 Å². The van der Waals surface area contributed by atoms with E-state index in [-0.39, 0.29) is 0 Å². The molecule has 0 bridgehead atoms. The Balaban J connectivity index is 1.04. The summed E-state index contributed by atoms with van der Waals surface area (Å²) in [5.41, 5.74) is 23.3. The predicted molar refractivity (Wildman–Crippen MR) is 284 cm³/mol. The summed E-state index contributed by atoms with van der Waals surface area (Å²) in [6.45, 7) is 0. The molecule has 0 fully saturated rings. The maximum atomic E-state index is 6.18. The fourth-order valence-corrected chi connectivity index (χ4v) is 12.7. The van der Waals surface area contributed by atoms with E-state index in [0.29, 0.717) is 0 Å². The van der Waals surface area contributed by atoms with Crippen molar-refractivity contribution >= 4 is 34.1 Å². The second-order valence-corrected chi connectivity index (χ2v) is 18.8. The standard InChI is InChI=1S/C66H42N4/c1-5-21-43(22-6-1)69(44-23-7-2-8-24-44)47-37-39-53-59(41-47)65(55-33-17-13-29-49(55)50-30-14-18-34-56(50)65)63-61(53)67-64-62(68-63)54-40-38-48(70(45-25-9-3-10-26-45)46-27-11-4-12-28-46)42-60(54)66(64)57-35-19-15-31-51(57)52-32-16-20-36-58(52)66/h1-42H. The summed E-state index contributed by atoms with van der Waals surface area (Å²) in [4.78, 5) is 17.1. The number of nitrogens with zero attached hydrogens (tertiary/aromatic N) is 4. The molecule has 0 saturated heterocycles. The molecule has 2 spiro atoms. The molecule has 4 nitrogen and oxygen atoms in total. The molecule has 0 N–H and O–H groups in total. The van der Waals surface area contributed by atoms with E-state index in [0.717, 1.165) is 68.0 Å². The summed E-state index contributed by atoms with van der Waals surface area (Å²) in [7, 11) is 0. The van der Waals surface area contributed by atoms with E-state index in [2.05, 4.69) is 265 Å². The molecule has 4 heteroatoms. The molecule has 0 saturated carbocycles. The zero-order valence-corrected chi connectivity index (χ0v) is 38.0. The van der Waals surface area contributed by atoms with Crippen LogP contribution in [0.4, 0.5) is 34.1 Å². The lowest BCUT2D eigenvalue weighted by atomic mass is 9.72. The van der Waals surface area contributed by atoms with E-state index in [1.165, 1.54) is 55.6 Å². The van der Waals surface area contributed by atoms with Gasteiger partial charge in [-0.1, -0.05) is 182 Å². The van der Waals surface area contributed by atoms with Crippen molar-refractivity contribution in [1.29, 1.82) is 0 Å². The van der Waals surface area contributed by atoms with Crippen LogP contribution in [0.25, 0.3) is 44.8 Å². The number of hydrogen-bond acceptors (Lipinski definition) is 4. The molecule has 1 heterocycles. The highest BCUT2D eigenvalue weighted by atomic mass is 15.1. The Kier molecular flexibility index (Phi) is 8.17. The summed E-state index contributed by atoms with van der Waals surface area (Å²) in [5.74, 6) is 0. The van der Waals surface area contributed by atoms with E-state index >= 15 is 0 Å². The number of anilines is 6. The van der Waals surface area contributed by atoms with Crippen molar-refractivity contribution in [3.63, 3.8) is 0 Å². The topological polar surface area (TPSA) is 32.3 Å². The maximum Gasteiger partial charge on any atom is 0.0941 e. The molecule has 0 atom stereocenters. The third-order valence-corrected chi connectivity index (χ3v) is 15.4. The molecule has 326 valence electrons. The Morgan fingerprint density at radius 2 is 0.500 bits per heavy atom.